The molecule has 3 atom stereocenters. The molecule has 8 heteroatoms. The van der Waals surface area contributed by atoms with Crippen molar-refractivity contribution < 1.29 is 9.30 Å². The maximum absolute atomic E-state index is 16.2. The van der Waals surface area contributed by atoms with E-state index in [1.165, 1.54) is 0 Å². The first kappa shape index (κ1) is 35.3. The molecule has 7 rings (SSSR count). The molecule has 0 spiro atoms. The highest BCUT2D eigenvalue weighted by atomic mass is 31.2. The molecule has 0 amide bonds. The molecular formula is C45H40N5O2P. The van der Waals surface area contributed by atoms with Gasteiger partial charge in [-0.15, -0.1) is 0 Å². The molecule has 2 bridgehead atoms. The summed E-state index contributed by atoms with van der Waals surface area (Å²) in [4.78, 5) is 4.22. The van der Waals surface area contributed by atoms with Crippen LogP contribution in [0.5, 0.6) is 11.5 Å². The van der Waals surface area contributed by atoms with Gasteiger partial charge in [0.25, 0.3) is 0 Å². The lowest BCUT2D eigenvalue weighted by atomic mass is 9.84. The van der Waals surface area contributed by atoms with Crippen molar-refractivity contribution in [2.75, 3.05) is 9.80 Å². The Hall–Kier alpha value is -6.06. The van der Waals surface area contributed by atoms with Gasteiger partial charge < -0.3 is 19.1 Å². The van der Waals surface area contributed by atoms with Crippen molar-refractivity contribution in [3.63, 3.8) is 0 Å². The maximum Gasteiger partial charge on any atom is 0.168 e. The van der Waals surface area contributed by atoms with E-state index in [1.54, 1.807) is 36.4 Å². The van der Waals surface area contributed by atoms with Crippen LogP contribution in [-0.2, 0) is 9.98 Å². The van der Waals surface area contributed by atoms with Crippen LogP contribution >= 0.6 is 7.14 Å². The summed E-state index contributed by atoms with van der Waals surface area (Å²) < 4.78 is 22.8. The van der Waals surface area contributed by atoms with E-state index in [2.05, 4.69) is 69.2 Å². The number of rotatable bonds is 7. The van der Waals surface area contributed by atoms with E-state index in [4.69, 9.17) is 4.74 Å². The number of fused-ring (bicyclic) bond motifs is 7. The highest BCUT2D eigenvalue weighted by Gasteiger charge is 2.52. The molecule has 4 aromatic rings. The average Bonchev–Trinajstić information content (AvgIpc) is 3.72. The first-order valence-corrected chi connectivity index (χ1v) is 19.4. The van der Waals surface area contributed by atoms with Crippen molar-refractivity contribution in [1.29, 1.82) is 15.8 Å². The Bertz CT molecular complexity index is 2470. The summed E-state index contributed by atoms with van der Waals surface area (Å²) in [6.07, 6.45) is 8.46. The molecule has 262 valence electrons. The average molecular weight is 714 g/mol. The topological polar surface area (TPSA) is 104 Å². The van der Waals surface area contributed by atoms with E-state index in [0.717, 1.165) is 35.2 Å². The molecule has 3 unspecified atom stereocenters. The van der Waals surface area contributed by atoms with Gasteiger partial charge in [-0.1, -0.05) is 82.5 Å². The van der Waals surface area contributed by atoms with E-state index in [1.807, 2.05) is 61.2 Å². The van der Waals surface area contributed by atoms with Gasteiger partial charge in [-0.25, -0.2) is 0 Å². The second-order valence-electron chi connectivity index (χ2n) is 14.7. The molecule has 0 radical (unpaired) electrons. The van der Waals surface area contributed by atoms with Gasteiger partial charge in [0.05, 0.1) is 51.9 Å². The Kier molecular flexibility index (Phi) is 8.78. The molecule has 0 aliphatic carbocycles. The zero-order valence-corrected chi connectivity index (χ0v) is 31.5. The van der Waals surface area contributed by atoms with E-state index in [0.29, 0.717) is 55.6 Å². The lowest BCUT2D eigenvalue weighted by Gasteiger charge is -2.37. The van der Waals surface area contributed by atoms with Crippen LogP contribution in [0.15, 0.2) is 115 Å². The maximum atomic E-state index is 16.2. The Labute approximate surface area is 312 Å². The fraction of sp³-hybridized carbons (Fsp3) is 0.222. The second kappa shape index (κ2) is 13.2. The van der Waals surface area contributed by atoms with Gasteiger partial charge in [-0.3, -0.25) is 0 Å². The van der Waals surface area contributed by atoms with Crippen molar-refractivity contribution in [3.05, 3.63) is 148 Å². The monoisotopic (exact) mass is 713 g/mol. The minimum atomic E-state index is -3.80. The minimum absolute atomic E-state index is 0.148. The van der Waals surface area contributed by atoms with E-state index in [9.17, 15) is 15.8 Å². The van der Waals surface area contributed by atoms with Crippen LogP contribution in [0.25, 0.3) is 0 Å². The highest BCUT2D eigenvalue weighted by Crippen LogP contribution is 2.67. The molecule has 3 aliphatic rings. The van der Waals surface area contributed by atoms with Crippen LogP contribution in [-0.4, -0.2) is 0 Å². The summed E-state index contributed by atoms with van der Waals surface area (Å²) in [5.74, 6) is 0.931. The number of nitrogens with zero attached hydrogens (tertiary/aromatic N) is 5. The van der Waals surface area contributed by atoms with E-state index in [-0.39, 0.29) is 23.1 Å². The van der Waals surface area contributed by atoms with Crippen LogP contribution in [0.3, 0.4) is 0 Å². The molecule has 1 fully saturated rings. The zero-order valence-electron chi connectivity index (χ0n) is 30.6. The third-order valence-electron chi connectivity index (χ3n) is 10.6. The normalized spacial score (nSPS) is 18.2. The molecular weight excluding hydrogens is 674 g/mol. The number of ether oxygens (including phenoxy) is 1. The zero-order chi connectivity index (χ0) is 37.8. The van der Waals surface area contributed by atoms with Crippen molar-refractivity contribution in [2.45, 2.75) is 65.0 Å². The first-order chi connectivity index (χ1) is 25.4. The SMILES string of the molecule is C=CC=C(C)P(=O)(C(=C)C=CC)c1c(C#N)c(N2c3ccc(C#N)cc3Oc3cc(C(C)(C)C)ccc32)c(C#N)c2c1C1CCC2N1c1ccccc1. The number of hydrogen-bond acceptors (Lipinski definition) is 7. The summed E-state index contributed by atoms with van der Waals surface area (Å²) in [5.41, 5.74) is 5.79. The fourth-order valence-corrected chi connectivity index (χ4v) is 11.1. The van der Waals surface area contributed by atoms with Crippen molar-refractivity contribution >= 4 is 35.2 Å². The lowest BCUT2D eigenvalue weighted by molar-refractivity contribution is 0.473. The molecule has 0 N–H and O–H groups in total. The van der Waals surface area contributed by atoms with Crippen LogP contribution in [0.4, 0.5) is 22.7 Å². The Morgan fingerprint density at radius 3 is 2.15 bits per heavy atom. The number of anilines is 4. The van der Waals surface area contributed by atoms with Gasteiger partial charge in [0, 0.05) is 27.9 Å². The van der Waals surface area contributed by atoms with E-state index >= 15 is 4.57 Å². The van der Waals surface area contributed by atoms with Crippen LogP contribution in [0.1, 0.15) is 92.9 Å². The van der Waals surface area contributed by atoms with Crippen LogP contribution < -0.4 is 19.8 Å². The van der Waals surface area contributed by atoms with Gasteiger partial charge >= 0.3 is 0 Å². The standard InChI is InChI=1S/C45H40N5O2P/c1-8-13-28(3)53(51,29(4)14-9-2)44-34(27-48)43(33(26-47)41-37-21-22-38(42(41)44)49(37)32-15-11-10-12-16-32)50-35-19-17-30(25-46)23-39(35)52-40-24-31(45(5,6)7)18-20-36(40)50/h8-20,23-24,37-38H,1,4,21-22H2,2-3,5-7H3. The Balaban J connectivity index is 1.67. The summed E-state index contributed by atoms with van der Waals surface area (Å²) in [5, 5.41) is 34.0. The number of para-hydroxylation sites is 1. The van der Waals surface area contributed by atoms with E-state index < -0.39 is 7.14 Å². The largest absolute Gasteiger partial charge is 0.453 e. The number of benzene rings is 4. The smallest absolute Gasteiger partial charge is 0.168 e. The summed E-state index contributed by atoms with van der Waals surface area (Å²) in [6.45, 7) is 18.3. The highest BCUT2D eigenvalue weighted by molar-refractivity contribution is 7.79. The van der Waals surface area contributed by atoms with Crippen LogP contribution in [0.2, 0.25) is 0 Å². The summed E-state index contributed by atoms with van der Waals surface area (Å²) in [7, 11) is -3.80. The quantitative estimate of drug-likeness (QED) is 0.122. The minimum Gasteiger partial charge on any atom is -0.453 e. The number of allylic oxidation sites excluding steroid dienone is 6. The third kappa shape index (κ3) is 5.34. The van der Waals surface area contributed by atoms with Gasteiger partial charge in [0.2, 0.25) is 0 Å². The molecule has 1 saturated heterocycles. The fourth-order valence-electron chi connectivity index (χ4n) is 8.26. The van der Waals surface area contributed by atoms with Gasteiger partial charge in [-0.2, -0.15) is 15.8 Å². The lowest BCUT2D eigenvalue weighted by Crippen LogP contribution is -2.27. The Morgan fingerprint density at radius 1 is 0.906 bits per heavy atom. The molecule has 7 nitrogen and oxygen atoms in total. The van der Waals surface area contributed by atoms with Crippen molar-refractivity contribution in [2.24, 2.45) is 0 Å². The molecule has 0 aromatic heterocycles. The van der Waals surface area contributed by atoms with Crippen LogP contribution in [0, 0.1) is 34.0 Å². The third-order valence-corrected chi connectivity index (χ3v) is 13.8. The van der Waals surface area contributed by atoms with Crippen molar-refractivity contribution in [1.82, 2.24) is 0 Å². The molecule has 3 aliphatic heterocycles. The van der Waals surface area contributed by atoms with Gasteiger partial charge in [0.15, 0.2) is 18.6 Å². The Morgan fingerprint density at radius 2 is 1.55 bits per heavy atom. The predicted molar refractivity (Wildman–Crippen MR) is 213 cm³/mol. The summed E-state index contributed by atoms with van der Waals surface area (Å²) >= 11 is 0. The van der Waals surface area contributed by atoms with Crippen molar-refractivity contribution in [3.8, 4) is 29.7 Å². The second-order valence-corrected chi connectivity index (χ2v) is 17.6. The van der Waals surface area contributed by atoms with Gasteiger partial charge in [-0.05, 0) is 84.9 Å². The number of hydrogen-bond donors (Lipinski definition) is 0. The molecule has 0 saturated carbocycles. The molecule has 3 heterocycles. The predicted octanol–water partition coefficient (Wildman–Crippen LogP) is 11.7. The van der Waals surface area contributed by atoms with Gasteiger partial charge in [0.1, 0.15) is 12.1 Å². The summed E-state index contributed by atoms with van der Waals surface area (Å²) in [6, 6.07) is 28.1. The first-order valence-electron chi connectivity index (χ1n) is 17.7. The molecule has 4 aromatic carbocycles. The molecule has 53 heavy (non-hydrogen) atoms. The number of nitriles is 3.